The van der Waals surface area contributed by atoms with E-state index in [0.717, 1.165) is 10.7 Å². The zero-order valence-corrected chi connectivity index (χ0v) is 10.4. The molecule has 0 bridgehead atoms. The summed E-state index contributed by atoms with van der Waals surface area (Å²) in [4.78, 5) is 5.71. The van der Waals surface area contributed by atoms with Crippen LogP contribution in [0.15, 0.2) is 60.2 Å². The van der Waals surface area contributed by atoms with Crippen LogP contribution in [0.25, 0.3) is 27.0 Å². The van der Waals surface area contributed by atoms with Crippen molar-refractivity contribution in [1.29, 1.82) is 0 Å². The molecule has 0 saturated heterocycles. The Morgan fingerprint density at radius 2 is 1.89 bits per heavy atom. The van der Waals surface area contributed by atoms with E-state index in [9.17, 15) is 0 Å². The molecule has 0 spiro atoms. The molecule has 18 heavy (non-hydrogen) atoms. The van der Waals surface area contributed by atoms with Crippen LogP contribution in [-0.4, -0.2) is 9.38 Å². The molecule has 0 amide bonds. The largest absolute Gasteiger partial charge is 0.297 e. The molecule has 86 valence electrons. The van der Waals surface area contributed by atoms with Gasteiger partial charge in [-0.3, -0.25) is 4.40 Å². The second-order valence-electron chi connectivity index (χ2n) is 4.25. The second kappa shape index (κ2) is 3.68. The van der Waals surface area contributed by atoms with Crippen molar-refractivity contribution < 1.29 is 0 Å². The van der Waals surface area contributed by atoms with E-state index in [1.54, 1.807) is 11.3 Å². The minimum atomic E-state index is 1.04. The molecule has 2 aromatic carbocycles. The van der Waals surface area contributed by atoms with E-state index < -0.39 is 0 Å². The lowest BCUT2D eigenvalue weighted by Crippen LogP contribution is -1.80. The normalized spacial score (nSPS) is 11.3. The number of hydrogen-bond donors (Lipinski definition) is 0. The maximum absolute atomic E-state index is 4.67. The van der Waals surface area contributed by atoms with E-state index >= 15 is 0 Å². The molecule has 0 aliphatic heterocycles. The maximum atomic E-state index is 4.67. The topological polar surface area (TPSA) is 17.3 Å². The first-order chi connectivity index (χ1) is 8.92. The van der Waals surface area contributed by atoms with E-state index in [0.29, 0.717) is 0 Å². The zero-order chi connectivity index (χ0) is 11.9. The van der Waals surface area contributed by atoms with Crippen LogP contribution in [0, 0.1) is 0 Å². The van der Waals surface area contributed by atoms with Crippen LogP contribution >= 0.6 is 11.3 Å². The molecule has 0 radical (unpaired) electrons. The first kappa shape index (κ1) is 9.85. The fourth-order valence-corrected chi connectivity index (χ4v) is 3.01. The molecule has 0 aliphatic rings. The van der Waals surface area contributed by atoms with Crippen molar-refractivity contribution in [1.82, 2.24) is 9.38 Å². The first-order valence-corrected chi connectivity index (χ1v) is 6.70. The minimum Gasteiger partial charge on any atom is -0.297 e. The average Bonchev–Trinajstić information content (AvgIpc) is 2.99. The molecule has 2 aromatic heterocycles. The Labute approximate surface area is 108 Å². The van der Waals surface area contributed by atoms with Crippen molar-refractivity contribution in [2.75, 3.05) is 0 Å². The van der Waals surface area contributed by atoms with Crippen LogP contribution in [0.2, 0.25) is 0 Å². The molecule has 0 N–H and O–H groups in total. The first-order valence-electron chi connectivity index (χ1n) is 5.82. The lowest BCUT2D eigenvalue weighted by atomic mass is 10.0. The highest BCUT2D eigenvalue weighted by molar-refractivity contribution is 7.15. The Balaban J connectivity index is 2.04. The van der Waals surface area contributed by atoms with Crippen molar-refractivity contribution in [3.63, 3.8) is 0 Å². The summed E-state index contributed by atoms with van der Waals surface area (Å²) < 4.78 is 2.07. The molecule has 0 unspecified atom stereocenters. The Morgan fingerprint density at radius 3 is 2.83 bits per heavy atom. The smallest absolute Gasteiger partial charge is 0.194 e. The molecule has 0 aliphatic carbocycles. The van der Waals surface area contributed by atoms with Crippen molar-refractivity contribution >= 4 is 27.1 Å². The van der Waals surface area contributed by atoms with E-state index in [4.69, 9.17) is 0 Å². The van der Waals surface area contributed by atoms with Gasteiger partial charge in [-0.1, -0.05) is 42.5 Å². The van der Waals surface area contributed by atoms with Gasteiger partial charge in [-0.15, -0.1) is 11.3 Å². The number of nitrogens with zero attached hydrogens (tertiary/aromatic N) is 2. The highest BCUT2D eigenvalue weighted by Crippen LogP contribution is 2.28. The lowest BCUT2D eigenvalue weighted by molar-refractivity contribution is 1.23. The zero-order valence-electron chi connectivity index (χ0n) is 9.58. The van der Waals surface area contributed by atoms with Crippen LogP contribution in [0.3, 0.4) is 0 Å². The van der Waals surface area contributed by atoms with E-state index in [1.807, 2.05) is 6.20 Å². The van der Waals surface area contributed by atoms with Gasteiger partial charge in [0.15, 0.2) is 4.96 Å². The molecule has 3 heteroatoms. The van der Waals surface area contributed by atoms with Gasteiger partial charge in [-0.05, 0) is 10.8 Å². The van der Waals surface area contributed by atoms with E-state index in [-0.39, 0.29) is 0 Å². The number of hydrogen-bond acceptors (Lipinski definition) is 2. The molecular weight excluding hydrogens is 240 g/mol. The standard InChI is InChI=1S/C15H10N2S/c1-2-6-12-11(4-1)5-3-7-13(12)14-10-17-8-9-18-15(17)16-14/h1-10H. The Kier molecular flexibility index (Phi) is 2.02. The number of thiazole rings is 1. The van der Waals surface area contributed by atoms with Crippen molar-refractivity contribution in [2.24, 2.45) is 0 Å². The Morgan fingerprint density at radius 1 is 1.00 bits per heavy atom. The molecule has 4 aromatic rings. The van der Waals surface area contributed by atoms with Crippen molar-refractivity contribution in [3.8, 4) is 11.3 Å². The summed E-state index contributed by atoms with van der Waals surface area (Å²) in [7, 11) is 0. The third kappa shape index (κ3) is 1.38. The van der Waals surface area contributed by atoms with Crippen LogP contribution in [0.4, 0.5) is 0 Å². The molecule has 0 fully saturated rings. The summed E-state index contributed by atoms with van der Waals surface area (Å²) in [6.45, 7) is 0. The summed E-state index contributed by atoms with van der Waals surface area (Å²) in [6.07, 6.45) is 4.13. The molecule has 4 rings (SSSR count). The van der Waals surface area contributed by atoms with Crippen LogP contribution < -0.4 is 0 Å². The van der Waals surface area contributed by atoms with Gasteiger partial charge < -0.3 is 0 Å². The molecule has 2 heterocycles. The quantitative estimate of drug-likeness (QED) is 0.494. The summed E-state index contributed by atoms with van der Waals surface area (Å²) in [5.41, 5.74) is 2.24. The van der Waals surface area contributed by atoms with Crippen LogP contribution in [0.5, 0.6) is 0 Å². The fourth-order valence-electron chi connectivity index (χ4n) is 2.31. The van der Waals surface area contributed by atoms with Gasteiger partial charge >= 0.3 is 0 Å². The summed E-state index contributed by atoms with van der Waals surface area (Å²) in [5.74, 6) is 0. The number of imidazole rings is 1. The third-order valence-corrected chi connectivity index (χ3v) is 3.93. The molecular formula is C15H10N2S. The predicted octanol–water partition coefficient (Wildman–Crippen LogP) is 4.22. The molecule has 2 nitrogen and oxygen atoms in total. The summed E-state index contributed by atoms with van der Waals surface area (Å²) in [6, 6.07) is 14.8. The Hall–Kier alpha value is -2.13. The Bertz CT molecular complexity index is 808. The van der Waals surface area contributed by atoms with Gasteiger partial charge in [0.2, 0.25) is 0 Å². The van der Waals surface area contributed by atoms with E-state index in [1.165, 1.54) is 16.3 Å². The van der Waals surface area contributed by atoms with Gasteiger partial charge in [-0.25, -0.2) is 4.98 Å². The van der Waals surface area contributed by atoms with Gasteiger partial charge in [0.05, 0.1) is 5.69 Å². The van der Waals surface area contributed by atoms with Crippen molar-refractivity contribution in [3.05, 3.63) is 60.2 Å². The van der Waals surface area contributed by atoms with Gasteiger partial charge in [0, 0.05) is 23.3 Å². The third-order valence-electron chi connectivity index (χ3n) is 3.16. The number of fused-ring (bicyclic) bond motifs is 2. The SMILES string of the molecule is c1ccc2c(-c3cn4ccsc4n3)cccc2c1. The van der Waals surface area contributed by atoms with Gasteiger partial charge in [-0.2, -0.15) is 0 Å². The summed E-state index contributed by atoms with van der Waals surface area (Å²) >= 11 is 1.66. The minimum absolute atomic E-state index is 1.04. The fraction of sp³-hybridized carbons (Fsp3) is 0. The highest BCUT2D eigenvalue weighted by atomic mass is 32.1. The highest BCUT2D eigenvalue weighted by Gasteiger charge is 2.07. The van der Waals surface area contributed by atoms with Crippen LogP contribution in [-0.2, 0) is 0 Å². The number of benzene rings is 2. The lowest BCUT2D eigenvalue weighted by Gasteiger charge is -2.02. The monoisotopic (exact) mass is 250 g/mol. The maximum Gasteiger partial charge on any atom is 0.194 e. The second-order valence-corrected chi connectivity index (χ2v) is 5.12. The van der Waals surface area contributed by atoms with Gasteiger partial charge in [0.1, 0.15) is 0 Å². The molecule has 0 saturated carbocycles. The number of rotatable bonds is 1. The van der Waals surface area contributed by atoms with Gasteiger partial charge in [0.25, 0.3) is 0 Å². The predicted molar refractivity (Wildman–Crippen MR) is 76.0 cm³/mol. The van der Waals surface area contributed by atoms with Crippen LogP contribution in [0.1, 0.15) is 0 Å². The molecule has 0 atom stereocenters. The summed E-state index contributed by atoms with van der Waals surface area (Å²) in [5, 5.41) is 4.56. The number of aromatic nitrogens is 2. The van der Waals surface area contributed by atoms with Crippen molar-refractivity contribution in [2.45, 2.75) is 0 Å². The average molecular weight is 250 g/mol. The van der Waals surface area contributed by atoms with E-state index in [2.05, 4.69) is 63.4 Å².